The summed E-state index contributed by atoms with van der Waals surface area (Å²) in [6, 6.07) is 4.10. The van der Waals surface area contributed by atoms with E-state index in [9.17, 15) is 0 Å². The van der Waals surface area contributed by atoms with E-state index in [1.54, 1.807) is 0 Å². The molecule has 0 spiro atoms. The number of nitrogens with one attached hydrogen (secondary N) is 1. The lowest BCUT2D eigenvalue weighted by Gasteiger charge is -2.14. The summed E-state index contributed by atoms with van der Waals surface area (Å²) in [6.07, 6.45) is 1.97. The molecule has 4 rings (SSSR count). The van der Waals surface area contributed by atoms with Gasteiger partial charge in [0.25, 0.3) is 0 Å². The van der Waals surface area contributed by atoms with Gasteiger partial charge in [-0.2, -0.15) is 4.98 Å². The summed E-state index contributed by atoms with van der Waals surface area (Å²) in [7, 11) is 0. The van der Waals surface area contributed by atoms with E-state index in [-0.39, 0.29) is 0 Å². The molecule has 0 radical (unpaired) electrons. The summed E-state index contributed by atoms with van der Waals surface area (Å²) >= 11 is 0. The van der Waals surface area contributed by atoms with E-state index in [0.29, 0.717) is 0 Å². The molecule has 5 heteroatoms. The summed E-state index contributed by atoms with van der Waals surface area (Å²) in [5, 5.41) is 8.05. The SMILES string of the molecule is Cc1cccn2nc(N3C[C@H]4CNC[C@H]4C3)nc12. The molecule has 18 heavy (non-hydrogen) atoms. The molecule has 4 heterocycles. The zero-order chi connectivity index (χ0) is 12.1. The van der Waals surface area contributed by atoms with Crippen molar-refractivity contribution in [3.05, 3.63) is 23.9 Å². The van der Waals surface area contributed by atoms with E-state index in [1.165, 1.54) is 5.56 Å². The number of pyridine rings is 1. The van der Waals surface area contributed by atoms with Crippen LogP contribution in [0.4, 0.5) is 5.95 Å². The van der Waals surface area contributed by atoms with Crippen LogP contribution in [0, 0.1) is 18.8 Å². The van der Waals surface area contributed by atoms with Gasteiger partial charge in [0, 0.05) is 32.4 Å². The fourth-order valence-electron chi connectivity index (χ4n) is 3.18. The fraction of sp³-hybridized carbons (Fsp3) is 0.538. The Balaban J connectivity index is 1.69. The van der Waals surface area contributed by atoms with Gasteiger partial charge in [-0.05, 0) is 30.4 Å². The Kier molecular flexibility index (Phi) is 2.11. The van der Waals surface area contributed by atoms with E-state index in [2.05, 4.69) is 33.3 Å². The third kappa shape index (κ3) is 1.43. The van der Waals surface area contributed by atoms with Crippen molar-refractivity contribution in [1.82, 2.24) is 19.9 Å². The van der Waals surface area contributed by atoms with Crippen LogP contribution in [-0.2, 0) is 0 Å². The van der Waals surface area contributed by atoms with Crippen LogP contribution in [0.5, 0.6) is 0 Å². The minimum Gasteiger partial charge on any atom is -0.339 e. The van der Waals surface area contributed by atoms with Crippen molar-refractivity contribution in [2.45, 2.75) is 6.92 Å². The lowest BCUT2D eigenvalue weighted by Crippen LogP contribution is -2.26. The van der Waals surface area contributed by atoms with Crippen LogP contribution >= 0.6 is 0 Å². The summed E-state index contributed by atoms with van der Waals surface area (Å²) < 4.78 is 1.89. The van der Waals surface area contributed by atoms with E-state index in [4.69, 9.17) is 0 Å². The highest BCUT2D eigenvalue weighted by Crippen LogP contribution is 2.29. The molecule has 5 nitrogen and oxygen atoms in total. The summed E-state index contributed by atoms with van der Waals surface area (Å²) in [4.78, 5) is 7.01. The molecule has 0 saturated carbocycles. The van der Waals surface area contributed by atoms with Crippen molar-refractivity contribution in [1.29, 1.82) is 0 Å². The first kappa shape index (κ1) is 10.3. The van der Waals surface area contributed by atoms with Crippen molar-refractivity contribution in [2.75, 3.05) is 31.1 Å². The van der Waals surface area contributed by atoms with E-state index in [1.807, 2.05) is 16.8 Å². The van der Waals surface area contributed by atoms with Crippen LogP contribution in [0.25, 0.3) is 5.65 Å². The topological polar surface area (TPSA) is 45.5 Å². The Morgan fingerprint density at radius 1 is 1.28 bits per heavy atom. The smallest absolute Gasteiger partial charge is 0.245 e. The number of hydrogen-bond acceptors (Lipinski definition) is 4. The molecular weight excluding hydrogens is 226 g/mol. The van der Waals surface area contributed by atoms with Crippen LogP contribution in [0.2, 0.25) is 0 Å². The predicted octanol–water partition coefficient (Wildman–Crippen LogP) is 0.693. The van der Waals surface area contributed by atoms with Crippen molar-refractivity contribution in [3.63, 3.8) is 0 Å². The Bertz CT molecular complexity index is 578. The number of anilines is 1. The lowest BCUT2D eigenvalue weighted by molar-refractivity contribution is 0.533. The summed E-state index contributed by atoms with van der Waals surface area (Å²) in [6.45, 7) is 6.55. The molecule has 2 saturated heterocycles. The molecule has 2 atom stereocenters. The van der Waals surface area contributed by atoms with E-state index in [0.717, 1.165) is 49.6 Å². The summed E-state index contributed by atoms with van der Waals surface area (Å²) in [5.41, 5.74) is 2.15. The van der Waals surface area contributed by atoms with Gasteiger partial charge in [0.1, 0.15) is 0 Å². The molecule has 0 bridgehead atoms. The number of hydrogen-bond donors (Lipinski definition) is 1. The third-order valence-corrected chi connectivity index (χ3v) is 4.22. The number of aryl methyl sites for hydroxylation is 1. The van der Waals surface area contributed by atoms with E-state index >= 15 is 0 Å². The quantitative estimate of drug-likeness (QED) is 0.800. The lowest BCUT2D eigenvalue weighted by atomic mass is 10.0. The molecule has 94 valence electrons. The van der Waals surface area contributed by atoms with Gasteiger partial charge in [-0.3, -0.25) is 0 Å². The zero-order valence-electron chi connectivity index (χ0n) is 10.5. The highest BCUT2D eigenvalue weighted by atomic mass is 15.4. The van der Waals surface area contributed by atoms with Gasteiger partial charge in [0.05, 0.1) is 0 Å². The second kappa shape index (κ2) is 3.68. The number of rotatable bonds is 1. The molecular formula is C13H17N5. The first-order chi connectivity index (χ1) is 8.81. The van der Waals surface area contributed by atoms with Crippen molar-refractivity contribution in [2.24, 2.45) is 11.8 Å². The van der Waals surface area contributed by atoms with Crippen molar-refractivity contribution < 1.29 is 0 Å². The molecule has 2 fully saturated rings. The van der Waals surface area contributed by atoms with Gasteiger partial charge in [-0.25, -0.2) is 4.52 Å². The van der Waals surface area contributed by atoms with Crippen LogP contribution in [0.1, 0.15) is 5.56 Å². The number of fused-ring (bicyclic) bond motifs is 2. The predicted molar refractivity (Wildman–Crippen MR) is 69.8 cm³/mol. The molecule has 2 aromatic heterocycles. The monoisotopic (exact) mass is 243 g/mol. The molecule has 0 amide bonds. The van der Waals surface area contributed by atoms with Crippen LogP contribution in [-0.4, -0.2) is 40.8 Å². The van der Waals surface area contributed by atoms with Gasteiger partial charge >= 0.3 is 0 Å². The molecule has 0 aromatic carbocycles. The third-order valence-electron chi connectivity index (χ3n) is 4.22. The Morgan fingerprint density at radius 3 is 2.78 bits per heavy atom. The average Bonchev–Trinajstić information content (AvgIpc) is 3.01. The zero-order valence-corrected chi connectivity index (χ0v) is 10.5. The summed E-state index contributed by atoms with van der Waals surface area (Å²) in [5.74, 6) is 2.44. The normalized spacial score (nSPS) is 27.1. The number of nitrogens with zero attached hydrogens (tertiary/aromatic N) is 4. The van der Waals surface area contributed by atoms with Gasteiger partial charge < -0.3 is 10.2 Å². The second-order valence-corrected chi connectivity index (χ2v) is 5.45. The van der Waals surface area contributed by atoms with Crippen molar-refractivity contribution in [3.8, 4) is 0 Å². The number of aromatic nitrogens is 3. The Morgan fingerprint density at radius 2 is 2.06 bits per heavy atom. The minimum atomic E-state index is 0.776. The van der Waals surface area contributed by atoms with Crippen LogP contribution < -0.4 is 10.2 Å². The molecule has 2 aliphatic heterocycles. The van der Waals surface area contributed by atoms with Gasteiger partial charge in [-0.15, -0.1) is 5.10 Å². The minimum absolute atomic E-state index is 0.776. The second-order valence-electron chi connectivity index (χ2n) is 5.45. The van der Waals surface area contributed by atoms with Gasteiger partial charge in [0.2, 0.25) is 5.95 Å². The molecule has 2 aliphatic rings. The average molecular weight is 243 g/mol. The maximum absolute atomic E-state index is 4.68. The highest BCUT2D eigenvalue weighted by molar-refractivity contribution is 5.51. The highest BCUT2D eigenvalue weighted by Gasteiger charge is 2.37. The van der Waals surface area contributed by atoms with Crippen molar-refractivity contribution >= 4 is 11.6 Å². The first-order valence-corrected chi connectivity index (χ1v) is 6.59. The maximum atomic E-state index is 4.68. The fourth-order valence-corrected chi connectivity index (χ4v) is 3.18. The Hall–Kier alpha value is -1.62. The molecule has 1 N–H and O–H groups in total. The molecule has 0 unspecified atom stereocenters. The largest absolute Gasteiger partial charge is 0.339 e. The first-order valence-electron chi connectivity index (χ1n) is 6.59. The van der Waals surface area contributed by atoms with E-state index < -0.39 is 0 Å². The van der Waals surface area contributed by atoms with Gasteiger partial charge in [0.15, 0.2) is 5.65 Å². The molecule has 0 aliphatic carbocycles. The van der Waals surface area contributed by atoms with Gasteiger partial charge in [-0.1, -0.05) is 6.07 Å². The van der Waals surface area contributed by atoms with Crippen LogP contribution in [0.15, 0.2) is 18.3 Å². The molecule has 2 aromatic rings. The standard InChI is InChI=1S/C13H17N5/c1-9-3-2-4-18-12(9)15-13(16-18)17-7-10-5-14-6-11(10)8-17/h2-4,10-11,14H,5-8H2,1H3/t10-,11+. The van der Waals surface area contributed by atoms with Crippen LogP contribution in [0.3, 0.4) is 0 Å². The maximum Gasteiger partial charge on any atom is 0.245 e. The Labute approximate surface area is 106 Å².